The lowest BCUT2D eigenvalue weighted by Gasteiger charge is -2.16. The number of carbonyl (C=O) groups is 1. The predicted octanol–water partition coefficient (Wildman–Crippen LogP) is 5.27. The first-order valence-electron chi connectivity index (χ1n) is 10.6. The number of nitrogens with zero attached hydrogens (tertiary/aromatic N) is 1. The number of benzene rings is 3. The normalized spacial score (nSPS) is 15.8. The van der Waals surface area contributed by atoms with Gasteiger partial charge in [-0.05, 0) is 55.6 Å². The van der Waals surface area contributed by atoms with Crippen LogP contribution in [0.5, 0.6) is 5.75 Å². The minimum Gasteiger partial charge on any atom is -0.493 e. The van der Waals surface area contributed by atoms with Gasteiger partial charge in [-0.1, -0.05) is 41.9 Å². The Labute approximate surface area is 192 Å². The van der Waals surface area contributed by atoms with Crippen molar-refractivity contribution in [2.75, 3.05) is 31.3 Å². The molecule has 0 fully saturated rings. The second-order valence-electron chi connectivity index (χ2n) is 8.37. The Kier molecular flexibility index (Phi) is 5.37. The van der Waals surface area contributed by atoms with Gasteiger partial charge in [0.1, 0.15) is 5.75 Å². The summed E-state index contributed by atoms with van der Waals surface area (Å²) in [5.74, 6) is 0.717. The van der Waals surface area contributed by atoms with Gasteiger partial charge in [0.25, 0.3) is 5.91 Å². The first kappa shape index (κ1) is 20.6. The molecular formula is C26H24ClN3O2. The molecular weight excluding hydrogens is 422 g/mol. The fourth-order valence-corrected chi connectivity index (χ4v) is 4.37. The Morgan fingerprint density at radius 1 is 1.09 bits per heavy atom. The summed E-state index contributed by atoms with van der Waals surface area (Å²) in [4.78, 5) is 15.2. The zero-order valence-corrected chi connectivity index (χ0v) is 18.8. The van der Waals surface area contributed by atoms with E-state index in [4.69, 9.17) is 16.3 Å². The van der Waals surface area contributed by atoms with Gasteiger partial charge in [-0.15, -0.1) is 0 Å². The molecule has 5 rings (SSSR count). The Morgan fingerprint density at radius 2 is 1.91 bits per heavy atom. The van der Waals surface area contributed by atoms with E-state index in [0.717, 1.165) is 46.9 Å². The Bertz CT molecular complexity index is 1230. The van der Waals surface area contributed by atoms with Gasteiger partial charge in [-0.3, -0.25) is 4.79 Å². The minimum atomic E-state index is -0.157. The number of anilines is 2. The minimum absolute atomic E-state index is 0.157. The van der Waals surface area contributed by atoms with Gasteiger partial charge in [-0.25, -0.2) is 0 Å². The average Bonchev–Trinajstić information content (AvgIpc) is 3.35. The first-order chi connectivity index (χ1) is 15.5. The molecule has 3 aromatic carbocycles. The third-order valence-electron chi connectivity index (χ3n) is 5.68. The van der Waals surface area contributed by atoms with Crippen molar-refractivity contribution in [3.05, 3.63) is 87.9 Å². The van der Waals surface area contributed by atoms with E-state index < -0.39 is 0 Å². The molecule has 0 saturated heterocycles. The van der Waals surface area contributed by atoms with Crippen LogP contribution in [0.15, 0.2) is 60.7 Å². The smallest absolute Gasteiger partial charge is 0.258 e. The van der Waals surface area contributed by atoms with Crippen LogP contribution in [0.1, 0.15) is 22.3 Å². The van der Waals surface area contributed by atoms with Crippen LogP contribution in [0.4, 0.5) is 11.4 Å². The number of fused-ring (bicyclic) bond motifs is 2. The van der Waals surface area contributed by atoms with Gasteiger partial charge in [0, 0.05) is 34.8 Å². The fraction of sp³-hybridized carbons (Fsp3) is 0.192. The van der Waals surface area contributed by atoms with E-state index >= 15 is 0 Å². The maximum atomic E-state index is 13.1. The standard InChI is InChI=1S/C26H24ClN3O2/c1-30(2)15-16-3-8-20(9-4-16)28-25(18-6-5-17-11-12-32-23(17)13-18)24-21-10-7-19(27)14-22(21)29-26(24)31/h3-10,13-14,28H,11-12,15H2,1-2H3,(H,29,31). The lowest BCUT2D eigenvalue weighted by atomic mass is 9.98. The third-order valence-corrected chi connectivity index (χ3v) is 5.92. The van der Waals surface area contributed by atoms with Crippen molar-refractivity contribution in [2.24, 2.45) is 0 Å². The molecule has 0 unspecified atom stereocenters. The Balaban J connectivity index is 1.61. The van der Waals surface area contributed by atoms with Crippen LogP contribution in [0.3, 0.4) is 0 Å². The van der Waals surface area contributed by atoms with Crippen molar-refractivity contribution in [2.45, 2.75) is 13.0 Å². The number of carbonyl (C=O) groups excluding carboxylic acids is 1. The maximum Gasteiger partial charge on any atom is 0.258 e. The quantitative estimate of drug-likeness (QED) is 0.525. The van der Waals surface area contributed by atoms with Crippen molar-refractivity contribution in [3.8, 4) is 5.75 Å². The van der Waals surface area contributed by atoms with Gasteiger partial charge in [0.05, 0.1) is 23.6 Å². The molecule has 0 spiro atoms. The number of nitrogens with one attached hydrogen (secondary N) is 2. The molecule has 3 aromatic rings. The van der Waals surface area contributed by atoms with Crippen LogP contribution in [-0.2, 0) is 17.8 Å². The molecule has 2 heterocycles. The summed E-state index contributed by atoms with van der Waals surface area (Å²) in [6.07, 6.45) is 0.907. The van der Waals surface area contributed by atoms with E-state index in [1.807, 2.05) is 44.4 Å². The molecule has 162 valence electrons. The Morgan fingerprint density at radius 3 is 2.69 bits per heavy atom. The largest absolute Gasteiger partial charge is 0.493 e. The number of rotatable bonds is 5. The molecule has 0 aliphatic carbocycles. The predicted molar refractivity (Wildman–Crippen MR) is 130 cm³/mol. The van der Waals surface area contributed by atoms with Gasteiger partial charge < -0.3 is 20.3 Å². The number of amides is 1. The molecule has 32 heavy (non-hydrogen) atoms. The van der Waals surface area contributed by atoms with Gasteiger partial charge in [-0.2, -0.15) is 0 Å². The summed E-state index contributed by atoms with van der Waals surface area (Å²) in [6, 6.07) is 19.9. The maximum absolute atomic E-state index is 13.1. The van der Waals surface area contributed by atoms with E-state index in [0.29, 0.717) is 17.2 Å². The van der Waals surface area contributed by atoms with Crippen LogP contribution >= 0.6 is 11.6 Å². The first-order valence-corrected chi connectivity index (χ1v) is 11.0. The van der Waals surface area contributed by atoms with E-state index in [1.165, 1.54) is 11.1 Å². The van der Waals surface area contributed by atoms with Crippen LogP contribution in [0, 0.1) is 0 Å². The summed E-state index contributed by atoms with van der Waals surface area (Å²) in [5.41, 5.74) is 7.09. The molecule has 0 radical (unpaired) electrons. The lowest BCUT2D eigenvalue weighted by Crippen LogP contribution is -2.11. The molecule has 0 saturated carbocycles. The van der Waals surface area contributed by atoms with E-state index in [1.54, 1.807) is 12.1 Å². The van der Waals surface area contributed by atoms with Crippen LogP contribution < -0.4 is 15.4 Å². The van der Waals surface area contributed by atoms with Gasteiger partial charge in [0.2, 0.25) is 0 Å². The van der Waals surface area contributed by atoms with Crippen molar-refractivity contribution in [1.82, 2.24) is 4.90 Å². The van der Waals surface area contributed by atoms with E-state index in [2.05, 4.69) is 33.7 Å². The average molecular weight is 446 g/mol. The molecule has 0 bridgehead atoms. The highest BCUT2D eigenvalue weighted by Gasteiger charge is 2.29. The highest BCUT2D eigenvalue weighted by atomic mass is 35.5. The zero-order chi connectivity index (χ0) is 22.2. The highest BCUT2D eigenvalue weighted by molar-refractivity contribution is 6.38. The summed E-state index contributed by atoms with van der Waals surface area (Å²) in [6.45, 7) is 1.56. The van der Waals surface area contributed by atoms with E-state index in [9.17, 15) is 4.79 Å². The van der Waals surface area contributed by atoms with Crippen molar-refractivity contribution >= 4 is 40.2 Å². The van der Waals surface area contributed by atoms with Crippen LogP contribution in [0.2, 0.25) is 5.02 Å². The third kappa shape index (κ3) is 3.97. The Hall–Kier alpha value is -3.28. The van der Waals surface area contributed by atoms with Crippen molar-refractivity contribution in [1.29, 1.82) is 0 Å². The summed E-state index contributed by atoms with van der Waals surface area (Å²) >= 11 is 6.16. The number of ether oxygens (including phenoxy) is 1. The second kappa shape index (κ2) is 8.34. The van der Waals surface area contributed by atoms with Crippen LogP contribution in [0.25, 0.3) is 11.3 Å². The molecule has 5 nitrogen and oxygen atoms in total. The fourth-order valence-electron chi connectivity index (χ4n) is 4.20. The van der Waals surface area contributed by atoms with Crippen molar-refractivity contribution < 1.29 is 9.53 Å². The SMILES string of the molecule is CN(C)Cc1ccc(NC(=C2C(=O)Nc3cc(Cl)ccc32)c2ccc3c(c2)OCC3)cc1. The van der Waals surface area contributed by atoms with Crippen LogP contribution in [-0.4, -0.2) is 31.5 Å². The summed E-state index contributed by atoms with van der Waals surface area (Å²) in [5, 5.41) is 7.05. The summed E-state index contributed by atoms with van der Waals surface area (Å²) in [7, 11) is 4.10. The number of hydrogen-bond acceptors (Lipinski definition) is 4. The topological polar surface area (TPSA) is 53.6 Å². The molecule has 2 aliphatic rings. The monoisotopic (exact) mass is 445 g/mol. The molecule has 2 aliphatic heterocycles. The van der Waals surface area contributed by atoms with Crippen molar-refractivity contribution in [3.63, 3.8) is 0 Å². The molecule has 0 aromatic heterocycles. The number of halogens is 1. The zero-order valence-electron chi connectivity index (χ0n) is 18.0. The second-order valence-corrected chi connectivity index (χ2v) is 8.81. The van der Waals surface area contributed by atoms with Gasteiger partial charge in [0.15, 0.2) is 0 Å². The lowest BCUT2D eigenvalue weighted by molar-refractivity contribution is -0.110. The van der Waals surface area contributed by atoms with Gasteiger partial charge >= 0.3 is 0 Å². The summed E-state index contributed by atoms with van der Waals surface area (Å²) < 4.78 is 5.79. The molecule has 2 N–H and O–H groups in total. The number of hydrogen-bond donors (Lipinski definition) is 2. The highest BCUT2D eigenvalue weighted by Crippen LogP contribution is 2.40. The van der Waals surface area contributed by atoms with E-state index in [-0.39, 0.29) is 5.91 Å². The molecule has 6 heteroatoms. The molecule has 0 atom stereocenters. The molecule has 1 amide bonds.